The van der Waals surface area contributed by atoms with Crippen LogP contribution < -0.4 is 9.64 Å². The third-order valence-electron chi connectivity index (χ3n) is 3.92. The minimum absolute atomic E-state index is 0.169. The van der Waals surface area contributed by atoms with Crippen LogP contribution in [0.5, 0.6) is 5.75 Å². The van der Waals surface area contributed by atoms with Crippen molar-refractivity contribution in [2.75, 3.05) is 25.0 Å². The molecule has 0 bridgehead atoms. The van der Waals surface area contributed by atoms with Gasteiger partial charge in [-0.05, 0) is 42.9 Å². The topological polar surface area (TPSA) is 15.7 Å². The van der Waals surface area contributed by atoms with Gasteiger partial charge in [-0.15, -0.1) is 13.2 Å². The summed E-state index contributed by atoms with van der Waals surface area (Å²) < 4.78 is 68.6. The molecule has 0 N–H and O–H groups in total. The summed E-state index contributed by atoms with van der Waals surface area (Å²) in [5.41, 5.74) is 1.29. The third kappa shape index (κ3) is 4.01. The molecule has 1 heterocycles. The molecule has 134 valence electrons. The Bertz CT molecular complexity index is 778. The summed E-state index contributed by atoms with van der Waals surface area (Å²) in [6, 6.07) is 7.18. The standard InChI is InChI=1S/C17H15F5N2O/c1-23-6-7-24(16-4-2-12(18)9-14(16)19)15-5-3-13(8-11(15)10-23)25-17(20,21)22/h2-5,8-9H,6-7,10H2,1H3. The van der Waals surface area contributed by atoms with Crippen molar-refractivity contribution in [3.63, 3.8) is 0 Å². The number of likely N-dealkylation sites (N-methyl/N-ethyl adjacent to an activating group) is 1. The summed E-state index contributed by atoms with van der Waals surface area (Å²) in [6.45, 7) is 1.34. The summed E-state index contributed by atoms with van der Waals surface area (Å²) >= 11 is 0. The molecule has 2 aromatic carbocycles. The molecule has 0 unspecified atom stereocenters. The van der Waals surface area contributed by atoms with Crippen LogP contribution >= 0.6 is 0 Å². The van der Waals surface area contributed by atoms with Gasteiger partial charge in [-0.2, -0.15) is 0 Å². The lowest BCUT2D eigenvalue weighted by Gasteiger charge is -2.25. The van der Waals surface area contributed by atoms with Crippen molar-refractivity contribution in [1.29, 1.82) is 0 Å². The number of hydrogen-bond acceptors (Lipinski definition) is 3. The van der Waals surface area contributed by atoms with E-state index < -0.39 is 18.0 Å². The number of rotatable bonds is 2. The van der Waals surface area contributed by atoms with Crippen LogP contribution in [-0.4, -0.2) is 31.4 Å². The van der Waals surface area contributed by atoms with E-state index in [0.717, 1.165) is 12.1 Å². The maximum atomic E-state index is 14.2. The van der Waals surface area contributed by atoms with E-state index in [1.807, 2.05) is 11.9 Å². The molecule has 2 aromatic rings. The van der Waals surface area contributed by atoms with Crippen LogP contribution in [0.2, 0.25) is 0 Å². The summed E-state index contributed by atoms with van der Waals surface area (Å²) in [5, 5.41) is 0. The second kappa shape index (κ2) is 6.51. The highest BCUT2D eigenvalue weighted by molar-refractivity contribution is 5.68. The Morgan fingerprint density at radius 3 is 2.36 bits per heavy atom. The predicted octanol–water partition coefficient (Wildman–Crippen LogP) is 4.45. The fraction of sp³-hybridized carbons (Fsp3) is 0.294. The molecule has 8 heteroatoms. The van der Waals surface area contributed by atoms with E-state index in [0.29, 0.717) is 30.9 Å². The largest absolute Gasteiger partial charge is 0.573 e. The van der Waals surface area contributed by atoms with Crippen molar-refractivity contribution in [3.05, 3.63) is 53.6 Å². The molecule has 0 radical (unpaired) electrons. The molecule has 0 aromatic heterocycles. The highest BCUT2D eigenvalue weighted by Gasteiger charge is 2.32. The van der Waals surface area contributed by atoms with Crippen LogP contribution in [0.1, 0.15) is 5.56 Å². The van der Waals surface area contributed by atoms with Crippen LogP contribution in [0, 0.1) is 11.6 Å². The van der Waals surface area contributed by atoms with Crippen molar-refractivity contribution in [1.82, 2.24) is 4.90 Å². The van der Waals surface area contributed by atoms with Crippen LogP contribution in [0.25, 0.3) is 0 Å². The molecular weight excluding hydrogens is 343 g/mol. The Labute approximate surface area is 141 Å². The quantitative estimate of drug-likeness (QED) is 0.738. The lowest BCUT2D eigenvalue weighted by molar-refractivity contribution is -0.274. The summed E-state index contributed by atoms with van der Waals surface area (Å²) in [7, 11) is 1.81. The van der Waals surface area contributed by atoms with Crippen molar-refractivity contribution in [3.8, 4) is 5.75 Å². The molecule has 0 atom stereocenters. The van der Waals surface area contributed by atoms with Crippen LogP contribution in [0.4, 0.5) is 33.3 Å². The maximum absolute atomic E-state index is 14.2. The molecule has 3 rings (SSSR count). The number of anilines is 2. The van der Waals surface area contributed by atoms with Gasteiger partial charge >= 0.3 is 6.36 Å². The number of ether oxygens (including phenoxy) is 1. The summed E-state index contributed by atoms with van der Waals surface area (Å²) in [4.78, 5) is 3.53. The van der Waals surface area contributed by atoms with Crippen molar-refractivity contribution >= 4 is 11.4 Å². The number of halogens is 5. The smallest absolute Gasteiger partial charge is 0.406 e. The predicted molar refractivity (Wildman–Crippen MR) is 82.8 cm³/mol. The van der Waals surface area contributed by atoms with E-state index in [-0.39, 0.29) is 11.4 Å². The molecule has 1 aliphatic heterocycles. The van der Waals surface area contributed by atoms with E-state index in [2.05, 4.69) is 4.74 Å². The Hall–Kier alpha value is -2.35. The molecule has 25 heavy (non-hydrogen) atoms. The molecular formula is C17H15F5N2O. The van der Waals surface area contributed by atoms with E-state index in [1.54, 1.807) is 4.90 Å². The van der Waals surface area contributed by atoms with E-state index >= 15 is 0 Å². The SMILES string of the molecule is CN1CCN(c2ccc(F)cc2F)c2ccc(OC(F)(F)F)cc2C1. The molecule has 0 saturated heterocycles. The lowest BCUT2D eigenvalue weighted by atomic mass is 10.1. The fourth-order valence-corrected chi connectivity index (χ4v) is 2.86. The van der Waals surface area contributed by atoms with Crippen LogP contribution in [0.15, 0.2) is 36.4 Å². The monoisotopic (exact) mass is 358 g/mol. The summed E-state index contributed by atoms with van der Waals surface area (Å²) in [6.07, 6.45) is -4.78. The number of alkyl halides is 3. The number of fused-ring (bicyclic) bond motifs is 1. The van der Waals surface area contributed by atoms with Gasteiger partial charge in [0.1, 0.15) is 17.4 Å². The number of hydrogen-bond donors (Lipinski definition) is 0. The van der Waals surface area contributed by atoms with Gasteiger partial charge in [-0.1, -0.05) is 0 Å². The zero-order valence-electron chi connectivity index (χ0n) is 13.3. The van der Waals surface area contributed by atoms with Crippen LogP contribution in [-0.2, 0) is 6.54 Å². The van der Waals surface area contributed by atoms with E-state index in [9.17, 15) is 22.0 Å². The third-order valence-corrected chi connectivity index (χ3v) is 3.92. The van der Waals surface area contributed by atoms with Gasteiger partial charge in [0.15, 0.2) is 0 Å². The molecule has 0 amide bonds. The normalized spacial score (nSPS) is 15.7. The second-order valence-electron chi connectivity index (χ2n) is 5.82. The second-order valence-corrected chi connectivity index (χ2v) is 5.82. The average molecular weight is 358 g/mol. The molecule has 0 fully saturated rings. The van der Waals surface area contributed by atoms with Gasteiger partial charge in [0.2, 0.25) is 0 Å². The highest BCUT2D eigenvalue weighted by Crippen LogP contribution is 2.36. The van der Waals surface area contributed by atoms with Crippen LogP contribution in [0.3, 0.4) is 0 Å². The van der Waals surface area contributed by atoms with Gasteiger partial charge in [0.05, 0.1) is 5.69 Å². The first-order chi connectivity index (χ1) is 11.7. The molecule has 3 nitrogen and oxygen atoms in total. The Kier molecular flexibility index (Phi) is 4.55. The van der Waals surface area contributed by atoms with Gasteiger partial charge in [0.25, 0.3) is 0 Å². The van der Waals surface area contributed by atoms with Crippen molar-refractivity contribution < 1.29 is 26.7 Å². The zero-order valence-corrected chi connectivity index (χ0v) is 13.3. The minimum atomic E-state index is -4.78. The molecule has 1 aliphatic rings. The first-order valence-corrected chi connectivity index (χ1v) is 7.53. The summed E-state index contributed by atoms with van der Waals surface area (Å²) in [5.74, 6) is -1.76. The Morgan fingerprint density at radius 1 is 0.960 bits per heavy atom. The lowest BCUT2D eigenvalue weighted by Crippen LogP contribution is -2.26. The van der Waals surface area contributed by atoms with E-state index in [4.69, 9.17) is 0 Å². The fourth-order valence-electron chi connectivity index (χ4n) is 2.86. The Morgan fingerprint density at radius 2 is 1.68 bits per heavy atom. The van der Waals surface area contributed by atoms with Gasteiger partial charge in [0, 0.05) is 31.4 Å². The molecule has 0 aliphatic carbocycles. The zero-order chi connectivity index (χ0) is 18.2. The van der Waals surface area contributed by atoms with Gasteiger partial charge < -0.3 is 14.5 Å². The number of benzene rings is 2. The molecule has 0 spiro atoms. The van der Waals surface area contributed by atoms with E-state index in [1.165, 1.54) is 24.3 Å². The highest BCUT2D eigenvalue weighted by atomic mass is 19.4. The maximum Gasteiger partial charge on any atom is 0.573 e. The van der Waals surface area contributed by atoms with Gasteiger partial charge in [-0.3, -0.25) is 0 Å². The minimum Gasteiger partial charge on any atom is -0.406 e. The average Bonchev–Trinajstić information content (AvgIpc) is 2.64. The molecule has 0 saturated carbocycles. The van der Waals surface area contributed by atoms with Crippen molar-refractivity contribution in [2.45, 2.75) is 12.9 Å². The van der Waals surface area contributed by atoms with Crippen molar-refractivity contribution in [2.24, 2.45) is 0 Å². The number of nitrogens with zero attached hydrogens (tertiary/aromatic N) is 2. The van der Waals surface area contributed by atoms with Gasteiger partial charge in [-0.25, -0.2) is 8.78 Å². The first-order valence-electron chi connectivity index (χ1n) is 7.53. The Balaban J connectivity index is 2.03. The first kappa shape index (κ1) is 17.5.